The normalized spacial score (nSPS) is 10.7. The van der Waals surface area contributed by atoms with Crippen LogP contribution in [-0.2, 0) is 6.42 Å². The zero-order chi connectivity index (χ0) is 12.4. The van der Waals surface area contributed by atoms with E-state index >= 15 is 0 Å². The molecular formula is C15H15N3. The van der Waals surface area contributed by atoms with Gasteiger partial charge in [0.05, 0.1) is 17.4 Å². The standard InChI is InChI=1S/C15H15N3/c1-16-13-7-8-14-10-17-15(18(14)11-13)9-12-5-3-2-4-6-12/h2-8,10-11,16H,9H2,1H3. The number of rotatable bonds is 3. The van der Waals surface area contributed by atoms with Gasteiger partial charge in [0, 0.05) is 19.7 Å². The van der Waals surface area contributed by atoms with Crippen molar-refractivity contribution in [3.05, 3.63) is 66.2 Å². The lowest BCUT2D eigenvalue weighted by atomic mass is 10.1. The summed E-state index contributed by atoms with van der Waals surface area (Å²) in [6.45, 7) is 0. The summed E-state index contributed by atoms with van der Waals surface area (Å²) < 4.78 is 2.14. The highest BCUT2D eigenvalue weighted by molar-refractivity contribution is 5.54. The van der Waals surface area contributed by atoms with Gasteiger partial charge in [0.1, 0.15) is 5.82 Å². The lowest BCUT2D eigenvalue weighted by Gasteiger charge is -2.04. The summed E-state index contributed by atoms with van der Waals surface area (Å²) in [5.41, 5.74) is 3.50. The van der Waals surface area contributed by atoms with Crippen molar-refractivity contribution < 1.29 is 0 Å². The van der Waals surface area contributed by atoms with Gasteiger partial charge in [-0.3, -0.25) is 0 Å². The van der Waals surface area contributed by atoms with Crippen molar-refractivity contribution in [2.75, 3.05) is 12.4 Å². The van der Waals surface area contributed by atoms with Gasteiger partial charge < -0.3 is 9.72 Å². The molecule has 0 spiro atoms. The van der Waals surface area contributed by atoms with Gasteiger partial charge in [0.25, 0.3) is 0 Å². The number of pyridine rings is 1. The largest absolute Gasteiger partial charge is 0.387 e. The molecule has 0 saturated heterocycles. The average Bonchev–Trinajstić information content (AvgIpc) is 2.82. The topological polar surface area (TPSA) is 29.3 Å². The summed E-state index contributed by atoms with van der Waals surface area (Å²) >= 11 is 0. The number of imidazole rings is 1. The molecule has 90 valence electrons. The summed E-state index contributed by atoms with van der Waals surface area (Å²) in [4.78, 5) is 4.50. The number of hydrogen-bond acceptors (Lipinski definition) is 2. The minimum Gasteiger partial charge on any atom is -0.387 e. The van der Waals surface area contributed by atoms with Crippen molar-refractivity contribution >= 4 is 11.2 Å². The third kappa shape index (κ3) is 1.95. The fourth-order valence-electron chi connectivity index (χ4n) is 2.10. The molecule has 0 radical (unpaired) electrons. The van der Waals surface area contributed by atoms with Gasteiger partial charge >= 0.3 is 0 Å². The van der Waals surface area contributed by atoms with Crippen LogP contribution in [-0.4, -0.2) is 16.4 Å². The van der Waals surface area contributed by atoms with Gasteiger partial charge in [-0.1, -0.05) is 30.3 Å². The monoisotopic (exact) mass is 237 g/mol. The molecule has 0 aliphatic rings. The van der Waals surface area contributed by atoms with Crippen LogP contribution in [0.4, 0.5) is 5.69 Å². The van der Waals surface area contributed by atoms with E-state index in [0.29, 0.717) is 0 Å². The van der Waals surface area contributed by atoms with Crippen LogP contribution >= 0.6 is 0 Å². The minimum absolute atomic E-state index is 0.849. The summed E-state index contributed by atoms with van der Waals surface area (Å²) in [7, 11) is 1.93. The third-order valence-electron chi connectivity index (χ3n) is 3.10. The second-order valence-electron chi connectivity index (χ2n) is 4.30. The van der Waals surface area contributed by atoms with Crippen molar-refractivity contribution in [2.24, 2.45) is 0 Å². The van der Waals surface area contributed by atoms with Gasteiger partial charge in [0.15, 0.2) is 0 Å². The smallest absolute Gasteiger partial charge is 0.117 e. The summed E-state index contributed by atoms with van der Waals surface area (Å²) in [5.74, 6) is 1.06. The maximum atomic E-state index is 4.50. The lowest BCUT2D eigenvalue weighted by Crippen LogP contribution is -1.98. The Morgan fingerprint density at radius 2 is 1.94 bits per heavy atom. The highest BCUT2D eigenvalue weighted by atomic mass is 15.0. The maximum Gasteiger partial charge on any atom is 0.117 e. The Morgan fingerprint density at radius 3 is 2.72 bits per heavy atom. The number of nitrogens with one attached hydrogen (secondary N) is 1. The van der Waals surface area contributed by atoms with E-state index in [1.165, 1.54) is 5.56 Å². The van der Waals surface area contributed by atoms with Crippen LogP contribution in [0.5, 0.6) is 0 Å². The number of anilines is 1. The predicted octanol–water partition coefficient (Wildman–Crippen LogP) is 2.97. The molecular weight excluding hydrogens is 222 g/mol. The number of benzene rings is 1. The van der Waals surface area contributed by atoms with Crippen molar-refractivity contribution in [1.82, 2.24) is 9.38 Å². The van der Waals surface area contributed by atoms with Crippen molar-refractivity contribution in [2.45, 2.75) is 6.42 Å². The Labute approximate surface area is 106 Å². The molecule has 3 rings (SSSR count). The zero-order valence-corrected chi connectivity index (χ0v) is 10.3. The second kappa shape index (κ2) is 4.53. The Hall–Kier alpha value is -2.29. The van der Waals surface area contributed by atoms with Crippen LogP contribution in [0.1, 0.15) is 11.4 Å². The molecule has 1 N–H and O–H groups in total. The Kier molecular flexibility index (Phi) is 2.73. The van der Waals surface area contributed by atoms with Crippen LogP contribution in [0.15, 0.2) is 54.9 Å². The molecule has 2 aromatic heterocycles. The molecule has 1 aromatic carbocycles. The molecule has 3 heteroatoms. The van der Waals surface area contributed by atoms with Crippen LogP contribution in [0, 0.1) is 0 Å². The number of nitrogens with zero attached hydrogens (tertiary/aromatic N) is 2. The number of hydrogen-bond donors (Lipinski definition) is 1. The molecule has 0 aliphatic heterocycles. The molecule has 18 heavy (non-hydrogen) atoms. The first-order valence-corrected chi connectivity index (χ1v) is 6.04. The van der Waals surface area contributed by atoms with Crippen LogP contribution in [0.25, 0.3) is 5.52 Å². The van der Waals surface area contributed by atoms with Crippen molar-refractivity contribution in [3.8, 4) is 0 Å². The quantitative estimate of drug-likeness (QED) is 0.759. The predicted molar refractivity (Wildman–Crippen MR) is 74.0 cm³/mol. The minimum atomic E-state index is 0.849. The molecule has 0 unspecified atom stereocenters. The molecule has 0 atom stereocenters. The van der Waals surface area contributed by atoms with E-state index in [-0.39, 0.29) is 0 Å². The molecule has 3 aromatic rings. The first kappa shape index (κ1) is 10.8. The van der Waals surface area contributed by atoms with Crippen molar-refractivity contribution in [1.29, 1.82) is 0 Å². The molecule has 0 bridgehead atoms. The van der Waals surface area contributed by atoms with E-state index < -0.39 is 0 Å². The summed E-state index contributed by atoms with van der Waals surface area (Å²) in [6, 6.07) is 14.5. The molecule has 3 nitrogen and oxygen atoms in total. The van der Waals surface area contributed by atoms with Gasteiger partial charge in [-0.15, -0.1) is 0 Å². The maximum absolute atomic E-state index is 4.50. The summed E-state index contributed by atoms with van der Waals surface area (Å²) in [5, 5.41) is 3.15. The molecule has 0 amide bonds. The fourth-order valence-corrected chi connectivity index (χ4v) is 2.10. The molecule has 2 heterocycles. The SMILES string of the molecule is CNc1ccc2cnc(Cc3ccccc3)n2c1. The van der Waals surface area contributed by atoms with Crippen LogP contribution in [0.2, 0.25) is 0 Å². The first-order valence-electron chi connectivity index (χ1n) is 6.04. The highest BCUT2D eigenvalue weighted by Crippen LogP contribution is 2.15. The highest BCUT2D eigenvalue weighted by Gasteiger charge is 2.04. The van der Waals surface area contributed by atoms with Crippen LogP contribution < -0.4 is 5.32 Å². The van der Waals surface area contributed by atoms with E-state index in [0.717, 1.165) is 23.4 Å². The Bertz CT molecular complexity index is 656. The van der Waals surface area contributed by atoms with Crippen molar-refractivity contribution in [3.63, 3.8) is 0 Å². The van der Waals surface area contributed by atoms with Gasteiger partial charge in [-0.25, -0.2) is 4.98 Å². The third-order valence-corrected chi connectivity index (χ3v) is 3.10. The van der Waals surface area contributed by atoms with Crippen LogP contribution in [0.3, 0.4) is 0 Å². The van der Waals surface area contributed by atoms with Gasteiger partial charge in [0.2, 0.25) is 0 Å². The Balaban J connectivity index is 2.01. The molecule has 0 aliphatic carbocycles. The van der Waals surface area contributed by atoms with E-state index in [9.17, 15) is 0 Å². The Morgan fingerprint density at radius 1 is 1.11 bits per heavy atom. The molecule has 0 fully saturated rings. The van der Waals surface area contributed by atoms with E-state index in [4.69, 9.17) is 0 Å². The first-order chi connectivity index (χ1) is 8.86. The lowest BCUT2D eigenvalue weighted by molar-refractivity contribution is 0.962. The zero-order valence-electron chi connectivity index (χ0n) is 10.3. The summed E-state index contributed by atoms with van der Waals surface area (Å²) in [6.07, 6.45) is 4.85. The van der Waals surface area contributed by atoms with E-state index in [2.05, 4.69) is 57.3 Å². The fraction of sp³-hybridized carbons (Fsp3) is 0.133. The van der Waals surface area contributed by atoms with E-state index in [1.807, 2.05) is 19.3 Å². The molecule has 0 saturated carbocycles. The van der Waals surface area contributed by atoms with Gasteiger partial charge in [-0.2, -0.15) is 0 Å². The number of aromatic nitrogens is 2. The van der Waals surface area contributed by atoms with Gasteiger partial charge in [-0.05, 0) is 17.7 Å². The average molecular weight is 237 g/mol. The number of fused-ring (bicyclic) bond motifs is 1. The van der Waals surface area contributed by atoms with E-state index in [1.54, 1.807) is 0 Å². The second-order valence-corrected chi connectivity index (χ2v) is 4.30.